The van der Waals surface area contributed by atoms with E-state index in [-0.39, 0.29) is 77.9 Å². The van der Waals surface area contributed by atoms with Gasteiger partial charge in [-0.25, -0.2) is 0 Å². The molecule has 0 spiro atoms. The van der Waals surface area contributed by atoms with Gasteiger partial charge in [0.2, 0.25) is 0 Å². The Balaban J connectivity index is 0.00000242. The maximum Gasteiger partial charge on any atom is -1.00 e. The molecule has 0 aromatic carbocycles. The number of hydrogen-bond acceptors (Lipinski definition) is 0. The van der Waals surface area contributed by atoms with Gasteiger partial charge >= 0.3 is 140 Å². The zero-order valence-corrected chi connectivity index (χ0v) is 22.1. The first kappa shape index (κ1) is 24.1. The van der Waals surface area contributed by atoms with E-state index in [2.05, 4.69) is 69.2 Å². The molecular formula is C20H30I2Ti. The van der Waals surface area contributed by atoms with Crippen molar-refractivity contribution >= 4 is 0 Å². The van der Waals surface area contributed by atoms with E-state index < -0.39 is 0 Å². The number of allylic oxidation sites excluding steroid dienone is 8. The van der Waals surface area contributed by atoms with Crippen LogP contribution in [-0.2, 0) is 19.2 Å². The van der Waals surface area contributed by atoms with Crippen molar-refractivity contribution in [3.05, 3.63) is 41.2 Å². The van der Waals surface area contributed by atoms with E-state index in [1.54, 1.807) is 30.0 Å². The monoisotopic (exact) mass is 572 g/mol. The van der Waals surface area contributed by atoms with Crippen molar-refractivity contribution in [2.75, 3.05) is 0 Å². The molecule has 128 valence electrons. The van der Waals surface area contributed by atoms with Crippen LogP contribution >= 0.6 is 0 Å². The molecule has 2 rings (SSSR count). The van der Waals surface area contributed by atoms with Crippen molar-refractivity contribution in [3.8, 4) is 0 Å². The first-order chi connectivity index (χ1) is 9.44. The Morgan fingerprint density at radius 3 is 0.957 bits per heavy atom. The molecule has 3 heteroatoms. The first-order valence-corrected chi connectivity index (χ1v) is 9.56. The second-order valence-electron chi connectivity index (χ2n) is 7.88. The van der Waals surface area contributed by atoms with Crippen LogP contribution in [0.15, 0.2) is 41.2 Å². The van der Waals surface area contributed by atoms with Crippen LogP contribution in [0.4, 0.5) is 0 Å². The van der Waals surface area contributed by atoms with Crippen LogP contribution in [0, 0.1) is 10.8 Å². The molecule has 0 fully saturated rings. The standard InChI is InChI=1S/2C10H15.2HI.Ti/c2*1-7-6-10(4,5)9(3)8(7)2;;;/h2*1-5H3;2*1H;/q;;;;+2/p-2. The summed E-state index contributed by atoms with van der Waals surface area (Å²) < 4.78 is 3.50. The summed E-state index contributed by atoms with van der Waals surface area (Å²) in [6.07, 6.45) is 0. The molecule has 0 N–H and O–H groups in total. The molecule has 0 radical (unpaired) electrons. The second-order valence-corrected chi connectivity index (χ2v) is 9.83. The van der Waals surface area contributed by atoms with Crippen LogP contribution in [0.1, 0.15) is 69.2 Å². The van der Waals surface area contributed by atoms with Crippen LogP contribution in [0.5, 0.6) is 0 Å². The van der Waals surface area contributed by atoms with Crippen molar-refractivity contribution < 1.29 is 67.1 Å². The first-order valence-electron chi connectivity index (χ1n) is 8.00. The van der Waals surface area contributed by atoms with Crippen molar-refractivity contribution in [2.24, 2.45) is 10.8 Å². The Morgan fingerprint density at radius 1 is 0.522 bits per heavy atom. The van der Waals surface area contributed by atoms with Crippen LogP contribution < -0.4 is 48.0 Å². The summed E-state index contributed by atoms with van der Waals surface area (Å²) >= 11 is -0.239. The van der Waals surface area contributed by atoms with Gasteiger partial charge in [0.15, 0.2) is 0 Å². The molecule has 0 nitrogen and oxygen atoms in total. The topological polar surface area (TPSA) is 0 Å². The average Bonchev–Trinajstić information content (AvgIpc) is 2.63. The van der Waals surface area contributed by atoms with Crippen molar-refractivity contribution in [1.82, 2.24) is 0 Å². The quantitative estimate of drug-likeness (QED) is 0.332. The molecule has 2 aliphatic carbocycles. The predicted molar refractivity (Wildman–Crippen MR) is 89.7 cm³/mol. The molecule has 2 aliphatic rings. The van der Waals surface area contributed by atoms with Gasteiger partial charge in [-0.1, -0.05) is 0 Å². The minimum atomic E-state index is -0.239. The zero-order chi connectivity index (χ0) is 16.3. The summed E-state index contributed by atoms with van der Waals surface area (Å²) in [4.78, 5) is 0. The molecule has 0 atom stereocenters. The second kappa shape index (κ2) is 7.79. The summed E-state index contributed by atoms with van der Waals surface area (Å²) in [5, 5.41) is 0. The molecular weight excluding hydrogens is 542 g/mol. The van der Waals surface area contributed by atoms with Gasteiger partial charge in [-0.3, -0.25) is 0 Å². The summed E-state index contributed by atoms with van der Waals surface area (Å²) in [5.74, 6) is 0. The number of rotatable bonds is 2. The summed E-state index contributed by atoms with van der Waals surface area (Å²) in [6, 6.07) is 0. The predicted octanol–water partition coefficient (Wildman–Crippen LogP) is 0.377. The van der Waals surface area contributed by atoms with Gasteiger partial charge in [0, 0.05) is 0 Å². The molecule has 0 saturated carbocycles. The Hall–Kier alpha value is 1.13. The van der Waals surface area contributed by atoms with Gasteiger partial charge in [-0.05, 0) is 0 Å². The van der Waals surface area contributed by atoms with Crippen LogP contribution in [0.25, 0.3) is 0 Å². The molecule has 0 aliphatic heterocycles. The molecule has 0 unspecified atom stereocenters. The number of hydrogen-bond donors (Lipinski definition) is 0. The molecule has 0 aromatic heterocycles. The van der Waals surface area contributed by atoms with E-state index in [9.17, 15) is 0 Å². The third-order valence-electron chi connectivity index (χ3n) is 6.38. The van der Waals surface area contributed by atoms with Gasteiger partial charge in [-0.2, -0.15) is 0 Å². The van der Waals surface area contributed by atoms with Crippen LogP contribution in [0.3, 0.4) is 0 Å². The maximum atomic E-state index is 2.42. The normalized spacial score (nSPS) is 22.3. The van der Waals surface area contributed by atoms with Crippen molar-refractivity contribution in [2.45, 2.75) is 69.2 Å². The molecule has 0 saturated heterocycles. The Morgan fingerprint density at radius 2 is 0.783 bits per heavy atom. The minimum Gasteiger partial charge on any atom is -1.00 e. The smallest absolute Gasteiger partial charge is 1.00 e. The van der Waals surface area contributed by atoms with Crippen molar-refractivity contribution in [1.29, 1.82) is 0 Å². The minimum absolute atomic E-state index is 0. The maximum absolute atomic E-state index is 2.42. The van der Waals surface area contributed by atoms with Gasteiger partial charge < -0.3 is 48.0 Å². The fraction of sp³-hybridized carbons (Fsp3) is 0.600. The fourth-order valence-corrected chi connectivity index (χ4v) is 6.94. The summed E-state index contributed by atoms with van der Waals surface area (Å²) in [5.41, 5.74) is 9.92. The molecule has 23 heavy (non-hydrogen) atoms. The molecule has 0 bridgehead atoms. The Kier molecular flexibility index (Phi) is 8.18. The zero-order valence-electron chi connectivity index (χ0n) is 16.3. The van der Waals surface area contributed by atoms with Gasteiger partial charge in [0.1, 0.15) is 0 Å². The van der Waals surface area contributed by atoms with E-state index in [0.29, 0.717) is 0 Å². The fourth-order valence-electron chi connectivity index (χ4n) is 3.81. The van der Waals surface area contributed by atoms with Crippen LogP contribution in [0.2, 0.25) is 0 Å². The third kappa shape index (κ3) is 3.66. The van der Waals surface area contributed by atoms with Gasteiger partial charge in [-0.15, -0.1) is 0 Å². The van der Waals surface area contributed by atoms with E-state index in [1.165, 1.54) is 11.1 Å². The average molecular weight is 572 g/mol. The summed E-state index contributed by atoms with van der Waals surface area (Å²) in [7, 11) is 0. The van der Waals surface area contributed by atoms with Gasteiger partial charge in [0.05, 0.1) is 0 Å². The van der Waals surface area contributed by atoms with E-state index in [0.717, 1.165) is 0 Å². The Labute approximate surface area is 186 Å². The van der Waals surface area contributed by atoms with Gasteiger partial charge in [0.25, 0.3) is 0 Å². The Bertz CT molecular complexity index is 585. The number of halogens is 2. The molecule has 0 heterocycles. The van der Waals surface area contributed by atoms with E-state index in [4.69, 9.17) is 0 Å². The molecule has 0 aromatic rings. The van der Waals surface area contributed by atoms with E-state index >= 15 is 0 Å². The van der Waals surface area contributed by atoms with Crippen molar-refractivity contribution in [3.63, 3.8) is 0 Å². The van der Waals surface area contributed by atoms with E-state index in [1.807, 2.05) is 0 Å². The largest absolute Gasteiger partial charge is 1.00 e. The third-order valence-corrected chi connectivity index (χ3v) is 10.3. The SMILES string of the molecule is CC1=C(C)C(C)(C)[C]([Ti+2][C]2=C(C)C(C)=C(C)C2(C)C)=C1C.[I-].[I-]. The summed E-state index contributed by atoms with van der Waals surface area (Å²) in [6.45, 7) is 23.6. The van der Waals surface area contributed by atoms with Crippen LogP contribution in [-0.4, -0.2) is 0 Å². The molecule has 0 amide bonds.